The molecule has 1 amide bonds. The van der Waals surface area contributed by atoms with Gasteiger partial charge in [-0.2, -0.15) is 0 Å². The van der Waals surface area contributed by atoms with Gasteiger partial charge in [-0.05, 0) is 32.6 Å². The molecule has 0 aliphatic heterocycles. The molecule has 0 fully saturated rings. The predicted octanol–water partition coefficient (Wildman–Crippen LogP) is 4.12. The minimum atomic E-state index is -0.140. The maximum Gasteiger partial charge on any atom is 0.223 e. The van der Waals surface area contributed by atoms with Crippen molar-refractivity contribution < 1.29 is 4.79 Å². The fourth-order valence-corrected chi connectivity index (χ4v) is 2.32. The van der Waals surface area contributed by atoms with E-state index in [1.54, 1.807) is 0 Å². The molecular weight excluding hydrogens is 234 g/mol. The van der Waals surface area contributed by atoms with E-state index in [1.807, 2.05) is 0 Å². The molecule has 1 N–H and O–H groups in total. The van der Waals surface area contributed by atoms with Gasteiger partial charge in [-0.25, -0.2) is 0 Å². The number of halogens is 1. The largest absolute Gasteiger partial charge is 0.351 e. The van der Waals surface area contributed by atoms with Crippen LogP contribution in [-0.2, 0) is 4.79 Å². The highest BCUT2D eigenvalue weighted by Gasteiger charge is 2.26. The van der Waals surface area contributed by atoms with Gasteiger partial charge < -0.3 is 5.32 Å². The smallest absolute Gasteiger partial charge is 0.223 e. The van der Waals surface area contributed by atoms with Crippen LogP contribution in [0.15, 0.2) is 0 Å². The number of rotatable bonds is 9. The van der Waals surface area contributed by atoms with Crippen molar-refractivity contribution in [2.24, 2.45) is 5.92 Å². The first-order valence-electron chi connectivity index (χ1n) is 6.90. The Labute approximate surface area is 111 Å². The number of carbonyl (C=O) groups is 1. The second-order valence-corrected chi connectivity index (χ2v) is 5.47. The molecule has 0 heterocycles. The lowest BCUT2D eigenvalue weighted by atomic mass is 9.92. The van der Waals surface area contributed by atoms with Crippen LogP contribution >= 0.6 is 11.6 Å². The minimum absolute atomic E-state index is 0.140. The third-order valence-corrected chi connectivity index (χ3v) is 3.81. The zero-order chi connectivity index (χ0) is 13.3. The van der Waals surface area contributed by atoms with Crippen LogP contribution < -0.4 is 5.32 Å². The first-order chi connectivity index (χ1) is 8.02. The molecule has 0 spiro atoms. The van der Waals surface area contributed by atoms with Crippen molar-refractivity contribution in [1.82, 2.24) is 5.32 Å². The molecule has 0 saturated carbocycles. The highest BCUT2D eigenvalue weighted by Crippen LogP contribution is 2.19. The maximum atomic E-state index is 12.2. The first-order valence-corrected chi connectivity index (χ1v) is 7.44. The van der Waals surface area contributed by atoms with Crippen LogP contribution in [0.25, 0.3) is 0 Å². The monoisotopic (exact) mass is 261 g/mol. The molecule has 0 bridgehead atoms. The summed E-state index contributed by atoms with van der Waals surface area (Å²) in [6.07, 6.45) is 5.96. The van der Waals surface area contributed by atoms with E-state index in [2.05, 4.69) is 33.0 Å². The number of nitrogens with one attached hydrogen (secondary N) is 1. The fourth-order valence-electron chi connectivity index (χ4n) is 1.91. The third-order valence-electron chi connectivity index (χ3n) is 3.62. The normalized spacial score (nSPS) is 16.3. The van der Waals surface area contributed by atoms with Crippen LogP contribution in [0, 0.1) is 5.92 Å². The maximum absolute atomic E-state index is 12.2. The van der Waals surface area contributed by atoms with E-state index >= 15 is 0 Å². The highest BCUT2D eigenvalue weighted by molar-refractivity contribution is 6.17. The highest BCUT2D eigenvalue weighted by atomic mass is 35.5. The zero-order valence-electron chi connectivity index (χ0n) is 11.8. The van der Waals surface area contributed by atoms with Crippen LogP contribution in [0.4, 0.5) is 0 Å². The van der Waals surface area contributed by atoms with E-state index < -0.39 is 0 Å². The molecule has 0 aromatic carbocycles. The molecule has 0 radical (unpaired) electrons. The van der Waals surface area contributed by atoms with Crippen molar-refractivity contribution in [1.29, 1.82) is 0 Å². The molecular formula is C14H28ClNO. The molecule has 2 unspecified atom stereocenters. The number of amides is 1. The third kappa shape index (κ3) is 6.30. The molecule has 0 aromatic rings. The van der Waals surface area contributed by atoms with Gasteiger partial charge in [0.25, 0.3) is 0 Å². The molecule has 0 aliphatic rings. The molecule has 102 valence electrons. The van der Waals surface area contributed by atoms with Crippen LogP contribution in [0.1, 0.15) is 66.2 Å². The van der Waals surface area contributed by atoms with E-state index in [0.29, 0.717) is 5.88 Å². The van der Waals surface area contributed by atoms with Crippen molar-refractivity contribution >= 4 is 17.5 Å². The SMILES string of the molecule is CCCCC(CC)C(=O)NC(C)(CC)CCCl. The van der Waals surface area contributed by atoms with Gasteiger partial charge in [0, 0.05) is 17.3 Å². The summed E-state index contributed by atoms with van der Waals surface area (Å²) in [6.45, 7) is 8.43. The van der Waals surface area contributed by atoms with Crippen molar-refractivity contribution in [3.63, 3.8) is 0 Å². The Morgan fingerprint density at radius 1 is 1.35 bits per heavy atom. The van der Waals surface area contributed by atoms with Gasteiger partial charge in [0.15, 0.2) is 0 Å². The van der Waals surface area contributed by atoms with Crippen molar-refractivity contribution in [2.75, 3.05) is 5.88 Å². The summed E-state index contributed by atoms with van der Waals surface area (Å²) in [5, 5.41) is 3.18. The topological polar surface area (TPSA) is 29.1 Å². The van der Waals surface area contributed by atoms with E-state index in [4.69, 9.17) is 11.6 Å². The lowest BCUT2D eigenvalue weighted by Gasteiger charge is -2.31. The van der Waals surface area contributed by atoms with Gasteiger partial charge >= 0.3 is 0 Å². The van der Waals surface area contributed by atoms with Crippen molar-refractivity contribution in [2.45, 2.75) is 71.8 Å². The molecule has 0 aliphatic carbocycles. The quantitative estimate of drug-likeness (QED) is 0.622. The summed E-state index contributed by atoms with van der Waals surface area (Å²) in [4.78, 5) is 12.2. The number of hydrogen-bond acceptors (Lipinski definition) is 1. The Bertz CT molecular complexity index is 220. The summed E-state index contributed by atoms with van der Waals surface area (Å²) in [5.74, 6) is 0.961. The molecule has 17 heavy (non-hydrogen) atoms. The Balaban J connectivity index is 4.36. The zero-order valence-corrected chi connectivity index (χ0v) is 12.6. The summed E-state index contributed by atoms with van der Waals surface area (Å²) in [6, 6.07) is 0. The number of unbranched alkanes of at least 4 members (excludes halogenated alkanes) is 1. The lowest BCUT2D eigenvalue weighted by molar-refractivity contribution is -0.127. The second kappa shape index (κ2) is 8.79. The fraction of sp³-hybridized carbons (Fsp3) is 0.929. The van der Waals surface area contributed by atoms with Gasteiger partial charge in [-0.3, -0.25) is 4.79 Å². The van der Waals surface area contributed by atoms with Crippen molar-refractivity contribution in [3.8, 4) is 0 Å². The van der Waals surface area contributed by atoms with Crippen molar-refractivity contribution in [3.05, 3.63) is 0 Å². The number of alkyl halides is 1. The number of hydrogen-bond donors (Lipinski definition) is 1. The molecule has 0 saturated heterocycles. The summed E-state index contributed by atoms with van der Waals surface area (Å²) >= 11 is 5.79. The van der Waals surface area contributed by atoms with E-state index in [-0.39, 0.29) is 17.4 Å². The summed E-state index contributed by atoms with van der Waals surface area (Å²) in [7, 11) is 0. The van der Waals surface area contributed by atoms with Crippen LogP contribution in [0.3, 0.4) is 0 Å². The summed E-state index contributed by atoms with van der Waals surface area (Å²) < 4.78 is 0. The Morgan fingerprint density at radius 2 is 2.00 bits per heavy atom. The molecule has 2 nitrogen and oxygen atoms in total. The molecule has 2 atom stereocenters. The van der Waals surface area contributed by atoms with Gasteiger partial charge in [0.05, 0.1) is 0 Å². The first kappa shape index (κ1) is 16.8. The number of carbonyl (C=O) groups excluding carboxylic acids is 1. The van der Waals surface area contributed by atoms with Gasteiger partial charge in [-0.1, -0.05) is 33.6 Å². The average Bonchev–Trinajstić information content (AvgIpc) is 2.30. The predicted molar refractivity (Wildman–Crippen MR) is 75.5 cm³/mol. The van der Waals surface area contributed by atoms with Gasteiger partial charge in [0.1, 0.15) is 0 Å². The van der Waals surface area contributed by atoms with Gasteiger partial charge in [-0.15, -0.1) is 11.6 Å². The van der Waals surface area contributed by atoms with Crippen LogP contribution in [0.5, 0.6) is 0 Å². The molecule has 0 rings (SSSR count). The molecule has 0 aromatic heterocycles. The molecule has 3 heteroatoms. The lowest BCUT2D eigenvalue weighted by Crippen LogP contribution is -2.48. The van der Waals surface area contributed by atoms with E-state index in [0.717, 1.165) is 38.5 Å². The average molecular weight is 262 g/mol. The van der Waals surface area contributed by atoms with Crippen LogP contribution in [-0.4, -0.2) is 17.3 Å². The van der Waals surface area contributed by atoms with E-state index in [1.165, 1.54) is 0 Å². The minimum Gasteiger partial charge on any atom is -0.351 e. The Hall–Kier alpha value is -0.240. The van der Waals surface area contributed by atoms with Crippen LogP contribution in [0.2, 0.25) is 0 Å². The second-order valence-electron chi connectivity index (χ2n) is 5.09. The Morgan fingerprint density at radius 3 is 2.41 bits per heavy atom. The Kier molecular flexibility index (Phi) is 8.67. The standard InChI is InChI=1S/C14H28ClNO/c1-5-8-9-12(6-2)13(17)16-14(4,7-3)10-11-15/h12H,5-11H2,1-4H3,(H,16,17). The van der Waals surface area contributed by atoms with Gasteiger partial charge in [0.2, 0.25) is 5.91 Å². The van der Waals surface area contributed by atoms with E-state index in [9.17, 15) is 4.79 Å². The summed E-state index contributed by atoms with van der Waals surface area (Å²) in [5.41, 5.74) is -0.140.